The molecule has 2 N–H and O–H groups in total. The molecule has 2 amide bonds. The van der Waals surface area contributed by atoms with Gasteiger partial charge in [-0.2, -0.15) is 13.2 Å². The minimum absolute atomic E-state index is 0.0981. The summed E-state index contributed by atoms with van der Waals surface area (Å²) in [5.41, 5.74) is -1.11. The Balaban J connectivity index is 2.07. The number of hydrogen-bond donors (Lipinski definition) is 2. The van der Waals surface area contributed by atoms with Crippen LogP contribution < -0.4 is 20.1 Å². The summed E-state index contributed by atoms with van der Waals surface area (Å²) in [7, 11) is 1.17. The molecule has 2 aromatic rings. The molecule has 5 nitrogen and oxygen atoms in total. The average molecular weight is 394 g/mol. The number of urea groups is 1. The second-order valence-corrected chi connectivity index (χ2v) is 5.10. The number of ether oxygens (including phenoxy) is 2. The Morgan fingerprint density at radius 3 is 1.96 bits per heavy atom. The molecule has 0 aliphatic rings. The molecule has 0 aliphatic heterocycles. The van der Waals surface area contributed by atoms with Crippen LogP contribution in [0.3, 0.4) is 0 Å². The van der Waals surface area contributed by atoms with Gasteiger partial charge in [0.15, 0.2) is 0 Å². The van der Waals surface area contributed by atoms with E-state index < -0.39 is 29.9 Å². The number of hydrogen-bond acceptors (Lipinski definition) is 3. The van der Waals surface area contributed by atoms with Gasteiger partial charge in [-0.25, -0.2) is 4.79 Å². The van der Waals surface area contributed by atoms with Gasteiger partial charge in [0, 0.05) is 17.4 Å². The van der Waals surface area contributed by atoms with E-state index in [0.29, 0.717) is 6.07 Å². The third-order valence-electron chi connectivity index (χ3n) is 3.07. The van der Waals surface area contributed by atoms with E-state index >= 15 is 0 Å². The molecular formula is C16H12F6N2O3. The summed E-state index contributed by atoms with van der Waals surface area (Å²) in [4.78, 5) is 11.9. The molecule has 0 atom stereocenters. The number of amides is 2. The van der Waals surface area contributed by atoms with E-state index in [9.17, 15) is 31.1 Å². The molecule has 146 valence electrons. The molecule has 2 aromatic carbocycles. The predicted molar refractivity (Wildman–Crippen MR) is 83.8 cm³/mol. The van der Waals surface area contributed by atoms with Gasteiger partial charge in [0.25, 0.3) is 0 Å². The number of methoxy groups -OCH3 is 1. The monoisotopic (exact) mass is 394 g/mol. The number of benzene rings is 2. The summed E-state index contributed by atoms with van der Waals surface area (Å²) in [6, 6.07) is 5.95. The highest BCUT2D eigenvalue weighted by atomic mass is 19.4. The number of nitrogens with one attached hydrogen (secondary N) is 2. The third kappa shape index (κ3) is 6.28. The fraction of sp³-hybridized carbons (Fsp3) is 0.188. The van der Waals surface area contributed by atoms with E-state index in [-0.39, 0.29) is 17.1 Å². The summed E-state index contributed by atoms with van der Waals surface area (Å²) in [6.45, 7) is 0. The summed E-state index contributed by atoms with van der Waals surface area (Å²) < 4.78 is 83.2. The van der Waals surface area contributed by atoms with Crippen molar-refractivity contribution < 1.29 is 40.6 Å². The smallest absolute Gasteiger partial charge is 0.497 e. The van der Waals surface area contributed by atoms with Gasteiger partial charge in [-0.05, 0) is 36.4 Å². The predicted octanol–water partition coefficient (Wildman–Crippen LogP) is 5.26. The van der Waals surface area contributed by atoms with E-state index in [1.54, 1.807) is 0 Å². The zero-order valence-electron chi connectivity index (χ0n) is 13.5. The van der Waals surface area contributed by atoms with E-state index in [4.69, 9.17) is 4.74 Å². The first-order chi connectivity index (χ1) is 12.5. The van der Waals surface area contributed by atoms with Crippen molar-refractivity contribution in [3.8, 4) is 11.5 Å². The molecular weight excluding hydrogens is 382 g/mol. The highest BCUT2D eigenvalue weighted by Crippen LogP contribution is 2.34. The summed E-state index contributed by atoms with van der Waals surface area (Å²) >= 11 is 0. The maximum atomic E-state index is 12.8. The van der Waals surface area contributed by atoms with Crippen molar-refractivity contribution >= 4 is 17.4 Å². The Hall–Kier alpha value is -3.11. The molecule has 0 spiro atoms. The van der Waals surface area contributed by atoms with Crippen LogP contribution in [0.1, 0.15) is 5.56 Å². The Labute approximate surface area is 148 Å². The number of rotatable bonds is 4. The lowest BCUT2D eigenvalue weighted by Crippen LogP contribution is -2.20. The van der Waals surface area contributed by atoms with Crippen molar-refractivity contribution in [3.05, 3.63) is 48.0 Å². The van der Waals surface area contributed by atoms with Crippen molar-refractivity contribution in [2.24, 2.45) is 0 Å². The minimum Gasteiger partial charge on any atom is -0.497 e. The fourth-order valence-corrected chi connectivity index (χ4v) is 1.99. The Morgan fingerprint density at radius 2 is 1.44 bits per heavy atom. The molecule has 0 unspecified atom stereocenters. The fourth-order valence-electron chi connectivity index (χ4n) is 1.99. The average Bonchev–Trinajstić information content (AvgIpc) is 2.54. The highest BCUT2D eigenvalue weighted by Gasteiger charge is 2.32. The largest absolute Gasteiger partial charge is 0.573 e. The van der Waals surface area contributed by atoms with Crippen LogP contribution in [0.25, 0.3) is 0 Å². The van der Waals surface area contributed by atoms with Gasteiger partial charge < -0.3 is 20.1 Å². The molecule has 0 bridgehead atoms. The third-order valence-corrected chi connectivity index (χ3v) is 3.07. The van der Waals surface area contributed by atoms with Gasteiger partial charge in [-0.1, -0.05) is 0 Å². The van der Waals surface area contributed by atoms with Crippen LogP contribution in [0.2, 0.25) is 0 Å². The highest BCUT2D eigenvalue weighted by molar-refractivity contribution is 5.99. The summed E-state index contributed by atoms with van der Waals surface area (Å²) in [5, 5.41) is 4.46. The van der Waals surface area contributed by atoms with Crippen LogP contribution in [0.15, 0.2) is 42.5 Å². The molecule has 11 heteroatoms. The van der Waals surface area contributed by atoms with E-state index in [1.165, 1.54) is 13.2 Å². The maximum absolute atomic E-state index is 12.8. The van der Waals surface area contributed by atoms with Crippen LogP contribution in [0.5, 0.6) is 11.5 Å². The van der Waals surface area contributed by atoms with E-state index in [2.05, 4.69) is 15.4 Å². The number of halogens is 6. The normalized spacial score (nSPS) is 11.7. The zero-order valence-corrected chi connectivity index (χ0v) is 13.5. The first kappa shape index (κ1) is 20.2. The second-order valence-electron chi connectivity index (χ2n) is 5.10. The summed E-state index contributed by atoms with van der Waals surface area (Å²) in [5.74, 6) is -0.607. The van der Waals surface area contributed by atoms with Crippen molar-refractivity contribution in [3.63, 3.8) is 0 Å². The van der Waals surface area contributed by atoms with Crippen molar-refractivity contribution in [2.45, 2.75) is 12.5 Å². The molecule has 0 aromatic heterocycles. The van der Waals surface area contributed by atoms with Crippen LogP contribution in [0, 0.1) is 0 Å². The lowest BCUT2D eigenvalue weighted by Gasteiger charge is -2.13. The van der Waals surface area contributed by atoms with Crippen LogP contribution in [-0.4, -0.2) is 19.5 Å². The Kier molecular flexibility index (Phi) is 5.72. The van der Waals surface area contributed by atoms with Gasteiger partial charge in [0.2, 0.25) is 0 Å². The van der Waals surface area contributed by atoms with Crippen molar-refractivity contribution in [2.75, 3.05) is 17.7 Å². The maximum Gasteiger partial charge on any atom is 0.573 e. The van der Waals surface area contributed by atoms with Gasteiger partial charge in [-0.3, -0.25) is 0 Å². The topological polar surface area (TPSA) is 59.6 Å². The van der Waals surface area contributed by atoms with Gasteiger partial charge in [0.1, 0.15) is 11.5 Å². The quantitative estimate of drug-likeness (QED) is 0.696. The minimum atomic E-state index is -4.85. The van der Waals surface area contributed by atoms with E-state index in [0.717, 1.165) is 30.3 Å². The molecule has 0 radical (unpaired) electrons. The van der Waals surface area contributed by atoms with Crippen LogP contribution in [0.4, 0.5) is 42.5 Å². The number of carbonyl (C=O) groups excluding carboxylic acids is 1. The van der Waals surface area contributed by atoms with Crippen LogP contribution >= 0.6 is 0 Å². The molecule has 0 heterocycles. The standard InChI is InChI=1S/C16H12F6N2O3/c1-26-13-7-9(15(17,18)19)6-11(8-13)24-14(25)23-10-2-4-12(5-3-10)27-16(20,21)22/h2-8H,1H3,(H2,23,24,25). The number of anilines is 2. The number of alkyl halides is 6. The molecule has 2 rings (SSSR count). The van der Waals surface area contributed by atoms with Crippen molar-refractivity contribution in [1.29, 1.82) is 0 Å². The van der Waals surface area contributed by atoms with E-state index in [1.807, 2.05) is 0 Å². The molecule has 0 saturated carbocycles. The SMILES string of the molecule is COc1cc(NC(=O)Nc2ccc(OC(F)(F)F)cc2)cc(C(F)(F)F)c1. The lowest BCUT2D eigenvalue weighted by molar-refractivity contribution is -0.274. The molecule has 0 saturated heterocycles. The number of carbonyl (C=O) groups is 1. The lowest BCUT2D eigenvalue weighted by atomic mass is 10.2. The van der Waals surface area contributed by atoms with Crippen molar-refractivity contribution in [1.82, 2.24) is 0 Å². The molecule has 27 heavy (non-hydrogen) atoms. The zero-order chi connectivity index (χ0) is 20.2. The van der Waals surface area contributed by atoms with Gasteiger partial charge >= 0.3 is 18.6 Å². The Bertz CT molecular complexity index is 803. The molecule has 0 aliphatic carbocycles. The second kappa shape index (κ2) is 7.64. The first-order valence-electron chi connectivity index (χ1n) is 7.16. The van der Waals surface area contributed by atoms with Gasteiger partial charge in [-0.15, -0.1) is 13.2 Å². The molecule has 0 fully saturated rings. The summed E-state index contributed by atoms with van der Waals surface area (Å²) in [6.07, 6.45) is -9.50. The first-order valence-corrected chi connectivity index (χ1v) is 7.16. The van der Waals surface area contributed by atoms with Crippen LogP contribution in [-0.2, 0) is 6.18 Å². The van der Waals surface area contributed by atoms with Gasteiger partial charge in [0.05, 0.1) is 12.7 Å². The Morgan fingerprint density at radius 1 is 0.852 bits per heavy atom.